The van der Waals surface area contributed by atoms with Crippen molar-refractivity contribution < 1.29 is 0 Å². The second-order valence-electron chi connectivity index (χ2n) is 2.64. The molecule has 2 rings (SSSR count). The molecule has 2 aromatic rings. The molecule has 0 amide bonds. The molecule has 14 heavy (non-hydrogen) atoms. The van der Waals surface area contributed by atoms with E-state index in [1.807, 2.05) is 17.5 Å². The molecule has 2 aromatic heterocycles. The van der Waals surface area contributed by atoms with E-state index < -0.39 is 0 Å². The lowest BCUT2D eigenvalue weighted by atomic mass is 10.4. The maximum absolute atomic E-state index is 4.20. The summed E-state index contributed by atoms with van der Waals surface area (Å²) in [4.78, 5) is 8.36. The number of anilines is 1. The molecule has 3 nitrogen and oxygen atoms in total. The summed E-state index contributed by atoms with van der Waals surface area (Å²) < 4.78 is 0.984. The van der Waals surface area contributed by atoms with Crippen molar-refractivity contribution in [1.82, 2.24) is 9.97 Å². The molecule has 0 spiro atoms. The third kappa shape index (κ3) is 2.52. The zero-order valence-electron chi connectivity index (χ0n) is 7.27. The third-order valence-corrected chi connectivity index (χ3v) is 2.88. The molecule has 0 aliphatic carbocycles. The SMILES string of the molecule is Brc1ccc(NCc2nccs2)nc1. The van der Waals surface area contributed by atoms with Gasteiger partial charge in [0.1, 0.15) is 10.8 Å². The number of halogens is 1. The van der Waals surface area contributed by atoms with E-state index in [4.69, 9.17) is 0 Å². The van der Waals surface area contributed by atoms with Crippen molar-refractivity contribution in [3.8, 4) is 0 Å². The molecule has 0 fully saturated rings. The fourth-order valence-electron chi connectivity index (χ4n) is 0.987. The van der Waals surface area contributed by atoms with Gasteiger partial charge in [-0.3, -0.25) is 0 Å². The van der Waals surface area contributed by atoms with Gasteiger partial charge in [-0.2, -0.15) is 0 Å². The molecule has 5 heteroatoms. The number of thiazole rings is 1. The van der Waals surface area contributed by atoms with E-state index in [0.29, 0.717) is 0 Å². The normalized spacial score (nSPS) is 10.1. The highest BCUT2D eigenvalue weighted by Crippen LogP contribution is 2.12. The van der Waals surface area contributed by atoms with Crippen LogP contribution in [-0.2, 0) is 6.54 Å². The molecule has 0 aliphatic rings. The highest BCUT2D eigenvalue weighted by Gasteiger charge is 1.96. The fourth-order valence-corrected chi connectivity index (χ4v) is 1.78. The van der Waals surface area contributed by atoms with Crippen molar-refractivity contribution in [2.24, 2.45) is 0 Å². The summed E-state index contributed by atoms with van der Waals surface area (Å²) in [5, 5.41) is 6.22. The lowest BCUT2D eigenvalue weighted by Crippen LogP contribution is -2.00. The zero-order chi connectivity index (χ0) is 9.80. The highest BCUT2D eigenvalue weighted by molar-refractivity contribution is 9.10. The lowest BCUT2D eigenvalue weighted by molar-refractivity contribution is 1.08. The molecule has 72 valence electrons. The predicted octanol–water partition coefficient (Wildman–Crippen LogP) is 2.91. The topological polar surface area (TPSA) is 37.8 Å². The molecule has 0 radical (unpaired) electrons. The summed E-state index contributed by atoms with van der Waals surface area (Å²) in [6, 6.07) is 3.88. The first kappa shape index (κ1) is 9.61. The quantitative estimate of drug-likeness (QED) is 0.931. The molecule has 1 N–H and O–H groups in total. The Bertz CT molecular complexity index is 385. The van der Waals surface area contributed by atoms with Crippen LogP contribution in [0, 0.1) is 0 Å². The Hall–Kier alpha value is -0.940. The summed E-state index contributed by atoms with van der Waals surface area (Å²) in [6.07, 6.45) is 3.57. The Morgan fingerprint density at radius 3 is 2.93 bits per heavy atom. The zero-order valence-corrected chi connectivity index (χ0v) is 9.68. The minimum Gasteiger partial charge on any atom is -0.364 e. The van der Waals surface area contributed by atoms with E-state index in [1.165, 1.54) is 0 Å². The Morgan fingerprint density at radius 2 is 2.29 bits per heavy atom. The lowest BCUT2D eigenvalue weighted by Gasteiger charge is -2.02. The van der Waals surface area contributed by atoms with Crippen LogP contribution in [0.15, 0.2) is 34.4 Å². The van der Waals surface area contributed by atoms with Crippen LogP contribution in [-0.4, -0.2) is 9.97 Å². The van der Waals surface area contributed by atoms with Crippen molar-refractivity contribution in [2.75, 3.05) is 5.32 Å². The van der Waals surface area contributed by atoms with Gasteiger partial charge in [-0.05, 0) is 28.1 Å². The molecule has 2 heterocycles. The van der Waals surface area contributed by atoms with Crippen molar-refractivity contribution in [3.63, 3.8) is 0 Å². The number of nitrogens with one attached hydrogen (secondary N) is 1. The van der Waals surface area contributed by atoms with E-state index in [0.717, 1.165) is 21.8 Å². The van der Waals surface area contributed by atoms with Crippen LogP contribution in [0.25, 0.3) is 0 Å². The van der Waals surface area contributed by atoms with Crippen LogP contribution in [0.5, 0.6) is 0 Å². The van der Waals surface area contributed by atoms with Gasteiger partial charge in [0.2, 0.25) is 0 Å². The minimum atomic E-state index is 0.728. The Morgan fingerprint density at radius 1 is 1.36 bits per heavy atom. The van der Waals surface area contributed by atoms with Gasteiger partial charge in [0.05, 0.1) is 6.54 Å². The van der Waals surface area contributed by atoms with Crippen LogP contribution >= 0.6 is 27.3 Å². The molecule has 0 aromatic carbocycles. The number of hydrogen-bond donors (Lipinski definition) is 1. The van der Waals surface area contributed by atoms with Crippen molar-refractivity contribution >= 4 is 33.1 Å². The second kappa shape index (κ2) is 4.52. The Balaban J connectivity index is 1.95. The summed E-state index contributed by atoms with van der Waals surface area (Å²) in [5.41, 5.74) is 0. The smallest absolute Gasteiger partial charge is 0.126 e. The molecule has 0 bridgehead atoms. The van der Waals surface area contributed by atoms with Crippen molar-refractivity contribution in [3.05, 3.63) is 39.4 Å². The van der Waals surface area contributed by atoms with Crippen LogP contribution in [0.2, 0.25) is 0 Å². The summed E-state index contributed by atoms with van der Waals surface area (Å²) in [7, 11) is 0. The average molecular weight is 270 g/mol. The van der Waals surface area contributed by atoms with Crippen molar-refractivity contribution in [1.29, 1.82) is 0 Å². The maximum Gasteiger partial charge on any atom is 0.126 e. The molecular formula is C9H8BrN3S. The van der Waals surface area contributed by atoms with Gasteiger partial charge in [0.15, 0.2) is 0 Å². The van der Waals surface area contributed by atoms with Crippen LogP contribution in [0.3, 0.4) is 0 Å². The first-order valence-corrected chi connectivity index (χ1v) is 5.75. The fraction of sp³-hybridized carbons (Fsp3) is 0.111. The highest BCUT2D eigenvalue weighted by atomic mass is 79.9. The van der Waals surface area contributed by atoms with Gasteiger partial charge in [0, 0.05) is 22.2 Å². The second-order valence-corrected chi connectivity index (χ2v) is 4.54. The van der Waals surface area contributed by atoms with Gasteiger partial charge >= 0.3 is 0 Å². The van der Waals surface area contributed by atoms with Gasteiger partial charge in [0.25, 0.3) is 0 Å². The third-order valence-electron chi connectivity index (χ3n) is 1.63. The van der Waals surface area contributed by atoms with Gasteiger partial charge in [-0.25, -0.2) is 9.97 Å². The first-order valence-electron chi connectivity index (χ1n) is 4.08. The number of aromatic nitrogens is 2. The molecule has 0 aliphatic heterocycles. The van der Waals surface area contributed by atoms with E-state index in [1.54, 1.807) is 23.7 Å². The molecule has 0 saturated carbocycles. The average Bonchev–Trinajstić information content (AvgIpc) is 2.70. The van der Waals surface area contributed by atoms with E-state index in [2.05, 4.69) is 31.2 Å². The predicted molar refractivity (Wildman–Crippen MR) is 61.4 cm³/mol. The minimum absolute atomic E-state index is 0.728. The summed E-state index contributed by atoms with van der Waals surface area (Å²) in [5.74, 6) is 0.864. The Kier molecular flexibility index (Phi) is 3.10. The van der Waals surface area contributed by atoms with Crippen LogP contribution in [0.4, 0.5) is 5.82 Å². The standard InChI is InChI=1S/C9H8BrN3S/c10-7-1-2-8(12-5-7)13-6-9-11-3-4-14-9/h1-5H,6H2,(H,12,13). The van der Waals surface area contributed by atoms with E-state index in [9.17, 15) is 0 Å². The van der Waals surface area contributed by atoms with E-state index in [-0.39, 0.29) is 0 Å². The molecule has 0 atom stereocenters. The number of rotatable bonds is 3. The number of nitrogens with zero attached hydrogens (tertiary/aromatic N) is 2. The number of hydrogen-bond acceptors (Lipinski definition) is 4. The van der Waals surface area contributed by atoms with Gasteiger partial charge in [-0.1, -0.05) is 0 Å². The van der Waals surface area contributed by atoms with E-state index >= 15 is 0 Å². The number of pyridine rings is 1. The molecular weight excluding hydrogens is 262 g/mol. The Labute approximate surface area is 94.4 Å². The van der Waals surface area contributed by atoms with Crippen LogP contribution < -0.4 is 5.32 Å². The molecule has 0 saturated heterocycles. The monoisotopic (exact) mass is 269 g/mol. The van der Waals surface area contributed by atoms with Gasteiger partial charge < -0.3 is 5.32 Å². The maximum atomic E-state index is 4.20. The summed E-state index contributed by atoms with van der Waals surface area (Å²) in [6.45, 7) is 0.728. The van der Waals surface area contributed by atoms with Crippen LogP contribution in [0.1, 0.15) is 5.01 Å². The van der Waals surface area contributed by atoms with Gasteiger partial charge in [-0.15, -0.1) is 11.3 Å². The molecule has 0 unspecified atom stereocenters. The van der Waals surface area contributed by atoms with Crippen molar-refractivity contribution in [2.45, 2.75) is 6.54 Å². The summed E-state index contributed by atoms with van der Waals surface area (Å²) >= 11 is 4.97. The first-order chi connectivity index (χ1) is 6.84. The largest absolute Gasteiger partial charge is 0.364 e.